The van der Waals surface area contributed by atoms with Crippen LogP contribution in [0.4, 0.5) is 11.4 Å². The number of phenols is 4. The molecule has 30 heteroatoms. The SMILES string of the molecule is CN(C)c1ccc(O)c2c1C[C@H]1C[C@H]3[C@H](N(C)C)C(=O)C(C(N)=O)=C(O)[C@@]3(O)C(=O)C1=C2O.CO[C@H]1/C=C/O[C@@]2(C)Oc3c(C)c(O)c4c(O)c(c(/C=N\N5CCN(C)CC5)c(O)c4c3C2=O)NC(=O)/C(C)=C\C=C\[C@@H](C)[C@H](O)[C@@H](C)[C@H](O)[C@@H](C)[C@H](OC(C)=O)[C@@H]1C.NNC(=O)c1ccncc1. The van der Waals surface area contributed by atoms with E-state index in [1.807, 2.05) is 31.5 Å². The van der Waals surface area contributed by atoms with Crippen LogP contribution in [0, 0.1) is 42.4 Å². The van der Waals surface area contributed by atoms with Crippen LogP contribution < -0.4 is 32.0 Å². The van der Waals surface area contributed by atoms with E-state index in [4.69, 9.17) is 30.5 Å². The first-order chi connectivity index (χ1) is 47.9. The summed E-state index contributed by atoms with van der Waals surface area (Å²) in [6, 6.07) is 5.18. The number of esters is 1. The molecule has 5 bridgehead atoms. The van der Waals surface area contributed by atoms with E-state index in [9.17, 15) is 79.5 Å². The lowest BCUT2D eigenvalue weighted by Crippen LogP contribution is -2.65. The highest BCUT2D eigenvalue weighted by molar-refractivity contribution is 6.25. The fraction of sp³-hybridized carbons (Fsp3) is 0.458. The van der Waals surface area contributed by atoms with Gasteiger partial charge in [-0.3, -0.25) is 53.9 Å². The molecule has 2 fully saturated rings. The van der Waals surface area contributed by atoms with Gasteiger partial charge < -0.3 is 85.8 Å². The third-order valence-corrected chi connectivity index (χ3v) is 20.0. The number of amides is 3. The van der Waals surface area contributed by atoms with Crippen LogP contribution >= 0.6 is 0 Å². The summed E-state index contributed by atoms with van der Waals surface area (Å²) in [5.74, 6) is -10.3. The van der Waals surface area contributed by atoms with Gasteiger partial charge in [-0.05, 0) is 89.7 Å². The van der Waals surface area contributed by atoms with Gasteiger partial charge in [-0.1, -0.05) is 45.9 Å². The molecule has 7 aliphatic rings. The molecular formula is C72H92N10O20. The number of ketones is 3. The summed E-state index contributed by atoms with van der Waals surface area (Å²) in [5.41, 5.74) is 5.32. The number of pyridine rings is 1. The van der Waals surface area contributed by atoms with Gasteiger partial charge in [-0.15, -0.1) is 0 Å². The number of aromatic nitrogens is 1. The molecule has 1 saturated carbocycles. The van der Waals surface area contributed by atoms with Gasteiger partial charge in [0.2, 0.25) is 5.78 Å². The highest BCUT2D eigenvalue weighted by Crippen LogP contribution is 2.57. The third-order valence-electron chi connectivity index (χ3n) is 20.0. The highest BCUT2D eigenvalue weighted by Gasteiger charge is 2.64. The standard InChI is InChI=1S/C43H58N4O12.C23H27N3O7.C6H7N3O/c1-21-12-11-13-22(2)42(55)45-33-28(20-44-47-17-15-46(9)16-18-47)37(52)30-31(38(33)53)36(51)26(6)40-32(30)41(54)43(8,59-40)57-19-14-29(56-10)23(3)39(58-27(7)48)25(5)35(50)24(4)34(21)49;1-25(2)12-5-6-13(27)15-10(12)7-9-8-11-17(26(3)4)19(29)16(22(24)32)21(31)23(11,33)20(30)14(9)18(15)28;7-9-6(10)5-1-3-8-4-2-5/h11-14,19-21,23-25,29,34-35,39,49-53H,15-18H2,1-10H3,(H,45,55);5-6,9,11,17,27-28,31,33H,7-8H2,1-4H3,(H2,24,32);1-4H,7H2,(H,9,10)/b12-11+,19-14+,22-13-,44-20-;;/t21-,23-,24-,25-,29+,34+,35+,39-,43+;9-,11-,17-,23-;/m10./s1. The van der Waals surface area contributed by atoms with Crippen LogP contribution in [0.25, 0.3) is 16.5 Å². The number of primary amides is 1. The number of rotatable bonds is 8. The second-order valence-corrected chi connectivity index (χ2v) is 27.1. The van der Waals surface area contributed by atoms with Crippen LogP contribution in [0.2, 0.25) is 0 Å². The Morgan fingerprint density at radius 1 is 0.853 bits per heavy atom. The van der Waals surface area contributed by atoms with Gasteiger partial charge in [0.15, 0.2) is 17.1 Å². The molecule has 5 heterocycles. The Morgan fingerprint density at radius 2 is 1.50 bits per heavy atom. The molecule has 102 heavy (non-hydrogen) atoms. The maximum atomic E-state index is 14.4. The normalized spacial score (nSPS) is 28.8. The Labute approximate surface area is 589 Å². The Kier molecular flexibility index (Phi) is 23.7. The first-order valence-electron chi connectivity index (χ1n) is 33.0. The quantitative estimate of drug-likeness (QED) is 0.0173. The summed E-state index contributed by atoms with van der Waals surface area (Å²) in [4.78, 5) is 99.1. The lowest BCUT2D eigenvalue weighted by atomic mass is 9.57. The Morgan fingerprint density at radius 3 is 2.09 bits per heavy atom. The topological polar surface area (TPSA) is 453 Å². The predicted octanol–water partition coefficient (Wildman–Crippen LogP) is 4.05. The number of Topliss-reactive ketones (excluding diaryl/α,β-unsaturated/α-hetero) is 3. The number of aliphatic hydroxyl groups is 5. The first-order valence-corrected chi connectivity index (χ1v) is 33.0. The number of ether oxygens (including phenoxy) is 4. The summed E-state index contributed by atoms with van der Waals surface area (Å²) in [7, 11) is 10.2. The van der Waals surface area contributed by atoms with Crippen molar-refractivity contribution >= 4 is 75.2 Å². The summed E-state index contributed by atoms with van der Waals surface area (Å²) in [5, 5.41) is 111. The van der Waals surface area contributed by atoms with Crippen molar-refractivity contribution in [3.8, 4) is 28.7 Å². The third kappa shape index (κ3) is 14.7. The molecule has 1 aromatic heterocycles. The van der Waals surface area contributed by atoms with Crippen molar-refractivity contribution in [2.45, 2.75) is 110 Å². The molecule has 15 N–H and O–H groups in total. The zero-order chi connectivity index (χ0) is 75.6. The minimum Gasteiger partial charge on any atom is -0.508 e. The molecule has 3 aromatic carbocycles. The second-order valence-electron chi connectivity index (χ2n) is 27.1. The molecular weight excluding hydrogens is 1320 g/mol. The maximum Gasteiger partial charge on any atom is 0.312 e. The largest absolute Gasteiger partial charge is 0.508 e. The lowest BCUT2D eigenvalue weighted by molar-refractivity contribution is -0.160. The van der Waals surface area contributed by atoms with Crippen LogP contribution in [0.15, 0.2) is 94.8 Å². The summed E-state index contributed by atoms with van der Waals surface area (Å²) < 4.78 is 23.6. The number of allylic oxidation sites excluding steroid dienone is 2. The smallest absolute Gasteiger partial charge is 0.312 e. The van der Waals surface area contributed by atoms with Gasteiger partial charge >= 0.3 is 11.8 Å². The van der Waals surface area contributed by atoms with E-state index in [1.165, 1.54) is 82.8 Å². The fourth-order valence-electron chi connectivity index (χ4n) is 14.2. The van der Waals surface area contributed by atoms with E-state index < -0.39 is 147 Å². The zero-order valence-corrected chi connectivity index (χ0v) is 59.4. The van der Waals surface area contributed by atoms with E-state index in [-0.39, 0.29) is 80.1 Å². The highest BCUT2D eigenvalue weighted by atomic mass is 16.7. The zero-order valence-electron chi connectivity index (χ0n) is 59.4. The Hall–Kier alpha value is -9.95. The minimum absolute atomic E-state index is 0.0559. The number of carbonyl (C=O) groups excluding carboxylic acids is 7. The predicted molar refractivity (Wildman–Crippen MR) is 375 cm³/mol. The van der Waals surface area contributed by atoms with Crippen molar-refractivity contribution in [3.05, 3.63) is 123 Å². The molecule has 550 valence electrons. The molecule has 0 unspecified atom stereocenters. The molecule has 0 radical (unpaired) electrons. The first kappa shape index (κ1) is 77.8. The number of benzene rings is 3. The van der Waals surface area contributed by atoms with Gasteiger partial charge in [0.05, 0.1) is 64.6 Å². The molecule has 4 aromatic rings. The number of anilines is 2. The number of aliphatic hydroxyl groups excluding tert-OH is 4. The Balaban J connectivity index is 0.000000254. The summed E-state index contributed by atoms with van der Waals surface area (Å²) in [6.07, 6.45) is 8.25. The number of nitrogens with one attached hydrogen (secondary N) is 2. The molecule has 1 saturated heterocycles. The van der Waals surface area contributed by atoms with Crippen LogP contribution in [0.3, 0.4) is 0 Å². The number of carbonyl (C=O) groups is 7. The number of nitrogens with two attached hydrogens (primary N) is 2. The van der Waals surface area contributed by atoms with Crippen LogP contribution in [0.1, 0.15) is 97.9 Å². The number of nitrogen functional groups attached to an aromatic ring is 1. The molecule has 0 spiro atoms. The average molecular weight is 1420 g/mol. The summed E-state index contributed by atoms with van der Waals surface area (Å²) >= 11 is 0. The Bertz CT molecular complexity index is 4160. The van der Waals surface area contributed by atoms with E-state index >= 15 is 0 Å². The van der Waals surface area contributed by atoms with Crippen LogP contribution in [0.5, 0.6) is 28.7 Å². The number of likely N-dealkylation sites (N-methyl/N-ethyl adjacent to an activating group) is 2. The molecule has 4 aliphatic heterocycles. The van der Waals surface area contributed by atoms with E-state index in [1.54, 1.807) is 77.2 Å². The van der Waals surface area contributed by atoms with Gasteiger partial charge in [0.1, 0.15) is 46.2 Å². The molecule has 3 aliphatic carbocycles. The number of methoxy groups -OCH3 is 1. The molecule has 3 amide bonds. The number of phenolic OH excluding ortho intramolecular Hbond substituents is 4. The van der Waals surface area contributed by atoms with E-state index in [0.717, 1.165) is 18.8 Å². The molecule has 30 nitrogen and oxygen atoms in total. The average Bonchev–Trinajstić information content (AvgIpc) is 0.840. The van der Waals surface area contributed by atoms with Crippen LogP contribution in [-0.4, -0.2) is 223 Å². The number of hydrazone groups is 1. The van der Waals surface area contributed by atoms with E-state index in [0.29, 0.717) is 24.2 Å². The van der Waals surface area contributed by atoms with Crippen molar-refractivity contribution in [1.29, 1.82) is 0 Å². The second kappa shape index (κ2) is 31.1. The molecule has 13 atom stereocenters. The monoisotopic (exact) mass is 1420 g/mol. The van der Waals surface area contributed by atoms with Crippen molar-refractivity contribution in [2.75, 3.05) is 78.7 Å². The minimum atomic E-state index is -2.63. The number of aromatic hydroxyl groups is 4. The van der Waals surface area contributed by atoms with Gasteiger partial charge in [0, 0.05) is 137 Å². The molecule has 11 rings (SSSR count). The number of nitrogens with zero attached hydrogens (tertiary/aromatic N) is 6. The van der Waals surface area contributed by atoms with Crippen molar-refractivity contribution in [2.24, 2.45) is 52.2 Å². The van der Waals surface area contributed by atoms with Gasteiger partial charge in [0.25, 0.3) is 23.5 Å². The number of fused-ring (bicyclic) bond motifs is 17. The maximum absolute atomic E-state index is 14.4. The number of piperazine rings is 1. The van der Waals surface area contributed by atoms with Crippen LogP contribution in [-0.2, 0) is 44.6 Å². The fourth-order valence-corrected chi connectivity index (χ4v) is 14.2. The van der Waals surface area contributed by atoms with Crippen molar-refractivity contribution in [3.63, 3.8) is 0 Å². The summed E-state index contributed by atoms with van der Waals surface area (Å²) in [6.45, 7) is 15.1. The number of hydrazine groups is 1. The van der Waals surface area contributed by atoms with Crippen molar-refractivity contribution in [1.82, 2.24) is 25.2 Å². The lowest BCUT2D eigenvalue weighted by Gasteiger charge is -2.50. The number of hydrogen-bond acceptors (Lipinski definition) is 27. The van der Waals surface area contributed by atoms with E-state index in [2.05, 4.69) is 20.3 Å². The number of hydrogen-bond donors (Lipinski definition) is 13. The van der Waals surface area contributed by atoms with Crippen molar-refractivity contribution < 1.29 is 98.5 Å². The van der Waals surface area contributed by atoms with Gasteiger partial charge in [-0.2, -0.15) is 5.10 Å². The van der Waals surface area contributed by atoms with Gasteiger partial charge in [-0.25, -0.2) is 5.84 Å².